The molecule has 0 radical (unpaired) electrons. The van der Waals surface area contributed by atoms with Crippen LogP contribution in [0.1, 0.15) is 0 Å². The first-order chi connectivity index (χ1) is 12.9. The summed E-state index contributed by atoms with van der Waals surface area (Å²) in [5, 5.41) is 14.3. The minimum atomic E-state index is -0.476. The van der Waals surface area contributed by atoms with Crippen molar-refractivity contribution < 1.29 is 9.72 Å². The van der Waals surface area contributed by atoms with Gasteiger partial charge in [-0.15, -0.1) is 0 Å². The molecule has 7 nitrogen and oxygen atoms in total. The number of non-ortho nitro benzene ring substituents is 1. The number of nitrogens with zero attached hydrogens (tertiary/aromatic N) is 3. The third-order valence-corrected chi connectivity index (χ3v) is 5.28. The lowest BCUT2D eigenvalue weighted by Crippen LogP contribution is -2.48. The van der Waals surface area contributed by atoms with E-state index >= 15 is 0 Å². The number of amides is 1. The molecule has 1 saturated heterocycles. The van der Waals surface area contributed by atoms with Crippen molar-refractivity contribution in [1.29, 1.82) is 0 Å². The third kappa shape index (κ3) is 5.18. The quantitative estimate of drug-likeness (QED) is 0.551. The Balaban J connectivity index is 1.51. The van der Waals surface area contributed by atoms with E-state index in [9.17, 15) is 14.9 Å². The zero-order chi connectivity index (χ0) is 19.4. The number of nitro groups is 1. The highest BCUT2D eigenvalue weighted by Crippen LogP contribution is 2.27. The van der Waals surface area contributed by atoms with E-state index in [2.05, 4.69) is 31.0 Å². The molecule has 27 heavy (non-hydrogen) atoms. The Hall–Kier alpha value is -2.16. The van der Waals surface area contributed by atoms with E-state index in [0.717, 1.165) is 31.9 Å². The number of hydrogen-bond acceptors (Lipinski definition) is 5. The number of anilines is 2. The van der Waals surface area contributed by atoms with Crippen molar-refractivity contribution in [3.05, 3.63) is 62.1 Å². The van der Waals surface area contributed by atoms with Crippen LogP contribution in [0.15, 0.2) is 46.9 Å². The number of hydrogen-bond donors (Lipinski definition) is 1. The molecule has 1 heterocycles. The van der Waals surface area contributed by atoms with Gasteiger partial charge in [0.1, 0.15) is 0 Å². The zero-order valence-electron chi connectivity index (χ0n) is 14.4. The van der Waals surface area contributed by atoms with E-state index in [0.29, 0.717) is 15.2 Å². The molecule has 3 rings (SSSR count). The maximum atomic E-state index is 12.3. The molecule has 0 saturated carbocycles. The number of nitro benzene ring substituents is 1. The first kappa shape index (κ1) is 19.6. The number of rotatable bonds is 5. The SMILES string of the molecule is O=C(CN1CCN(c2ccc(Cl)cc2)CC1)Nc1ccc([N+](=O)[O-])cc1Br. The van der Waals surface area contributed by atoms with Gasteiger partial charge in [-0.25, -0.2) is 0 Å². The highest BCUT2D eigenvalue weighted by Gasteiger charge is 2.20. The van der Waals surface area contributed by atoms with Gasteiger partial charge in [0.05, 0.1) is 17.2 Å². The molecule has 0 unspecified atom stereocenters. The van der Waals surface area contributed by atoms with Gasteiger partial charge in [-0.2, -0.15) is 0 Å². The zero-order valence-corrected chi connectivity index (χ0v) is 16.7. The smallest absolute Gasteiger partial charge is 0.270 e. The molecule has 0 aromatic heterocycles. The van der Waals surface area contributed by atoms with E-state index in [-0.39, 0.29) is 18.1 Å². The van der Waals surface area contributed by atoms with Gasteiger partial charge in [0.15, 0.2) is 0 Å². The predicted octanol–water partition coefficient (Wildman–Crippen LogP) is 3.77. The molecular weight excluding hydrogens is 436 g/mol. The van der Waals surface area contributed by atoms with Crippen molar-refractivity contribution in [2.24, 2.45) is 0 Å². The molecule has 0 spiro atoms. The Morgan fingerprint density at radius 1 is 1.15 bits per heavy atom. The lowest BCUT2D eigenvalue weighted by atomic mass is 10.2. The topological polar surface area (TPSA) is 78.7 Å². The number of carbonyl (C=O) groups is 1. The second-order valence-electron chi connectivity index (χ2n) is 6.21. The molecule has 1 N–H and O–H groups in total. The summed E-state index contributed by atoms with van der Waals surface area (Å²) in [4.78, 5) is 27.0. The fraction of sp³-hybridized carbons (Fsp3) is 0.278. The van der Waals surface area contributed by atoms with E-state index in [4.69, 9.17) is 11.6 Å². The lowest BCUT2D eigenvalue weighted by molar-refractivity contribution is -0.384. The molecule has 1 amide bonds. The fourth-order valence-corrected chi connectivity index (χ4v) is 3.52. The van der Waals surface area contributed by atoms with Crippen molar-refractivity contribution in [2.45, 2.75) is 0 Å². The lowest BCUT2D eigenvalue weighted by Gasteiger charge is -2.35. The largest absolute Gasteiger partial charge is 0.369 e. The highest BCUT2D eigenvalue weighted by atomic mass is 79.9. The van der Waals surface area contributed by atoms with Crippen LogP contribution < -0.4 is 10.2 Å². The number of halogens is 2. The Morgan fingerprint density at radius 3 is 2.41 bits per heavy atom. The van der Waals surface area contributed by atoms with Crippen molar-refractivity contribution in [1.82, 2.24) is 4.90 Å². The monoisotopic (exact) mass is 452 g/mol. The maximum absolute atomic E-state index is 12.3. The van der Waals surface area contributed by atoms with Crippen LogP contribution in [0.2, 0.25) is 5.02 Å². The van der Waals surface area contributed by atoms with E-state index in [1.165, 1.54) is 18.2 Å². The third-order valence-electron chi connectivity index (χ3n) is 4.37. The molecule has 0 aliphatic carbocycles. The number of nitrogens with one attached hydrogen (secondary N) is 1. The van der Waals surface area contributed by atoms with Crippen molar-refractivity contribution >= 4 is 50.5 Å². The van der Waals surface area contributed by atoms with Gasteiger partial charge in [-0.3, -0.25) is 19.8 Å². The molecule has 1 aliphatic rings. The summed E-state index contributed by atoms with van der Waals surface area (Å²) in [6, 6.07) is 12.0. The molecule has 2 aromatic carbocycles. The average Bonchev–Trinajstić information content (AvgIpc) is 2.64. The van der Waals surface area contributed by atoms with E-state index in [1.54, 1.807) is 0 Å². The molecule has 0 atom stereocenters. The first-order valence-corrected chi connectivity index (χ1v) is 9.56. The Kier molecular flexibility index (Phi) is 6.30. The summed E-state index contributed by atoms with van der Waals surface area (Å²) < 4.78 is 0.484. The number of piperazine rings is 1. The molecule has 2 aromatic rings. The summed E-state index contributed by atoms with van der Waals surface area (Å²) in [6.45, 7) is 3.49. The molecule has 0 bridgehead atoms. The minimum absolute atomic E-state index is 0.0294. The molecular formula is C18H18BrClN4O3. The predicted molar refractivity (Wildman–Crippen MR) is 110 cm³/mol. The summed E-state index contributed by atoms with van der Waals surface area (Å²) in [5.41, 5.74) is 1.61. The second-order valence-corrected chi connectivity index (χ2v) is 7.50. The van der Waals surface area contributed by atoms with Crippen molar-refractivity contribution in [3.8, 4) is 0 Å². The van der Waals surface area contributed by atoms with Gasteiger partial charge in [0.2, 0.25) is 5.91 Å². The highest BCUT2D eigenvalue weighted by molar-refractivity contribution is 9.10. The molecule has 142 valence electrons. The van der Waals surface area contributed by atoms with Gasteiger partial charge in [0.25, 0.3) is 5.69 Å². The van der Waals surface area contributed by atoms with E-state index in [1.807, 2.05) is 24.3 Å². The van der Waals surface area contributed by atoms with Crippen LogP contribution in [0.25, 0.3) is 0 Å². The van der Waals surface area contributed by atoms with Gasteiger partial charge in [-0.05, 0) is 46.3 Å². The van der Waals surface area contributed by atoms with Crippen LogP contribution in [0, 0.1) is 10.1 Å². The Morgan fingerprint density at radius 2 is 1.81 bits per heavy atom. The summed E-state index contributed by atoms with van der Waals surface area (Å²) in [6.07, 6.45) is 0. The maximum Gasteiger partial charge on any atom is 0.270 e. The normalized spacial score (nSPS) is 14.8. The summed E-state index contributed by atoms with van der Waals surface area (Å²) in [5.74, 6) is -0.149. The van der Waals surface area contributed by atoms with Crippen molar-refractivity contribution in [3.63, 3.8) is 0 Å². The molecule has 1 fully saturated rings. The van der Waals surface area contributed by atoms with Crippen LogP contribution in [-0.4, -0.2) is 48.5 Å². The van der Waals surface area contributed by atoms with Crippen LogP contribution in [0.5, 0.6) is 0 Å². The van der Waals surface area contributed by atoms with Crippen molar-refractivity contribution in [2.75, 3.05) is 42.9 Å². The summed E-state index contributed by atoms with van der Waals surface area (Å²) in [7, 11) is 0. The number of carbonyl (C=O) groups excluding carboxylic acids is 1. The first-order valence-electron chi connectivity index (χ1n) is 8.39. The Labute approximate surface area is 170 Å². The van der Waals surface area contributed by atoms with Gasteiger partial charge in [-0.1, -0.05) is 11.6 Å². The van der Waals surface area contributed by atoms with Crippen LogP contribution in [0.3, 0.4) is 0 Å². The Bertz CT molecular complexity index is 839. The number of benzene rings is 2. The fourth-order valence-electron chi connectivity index (χ4n) is 2.93. The minimum Gasteiger partial charge on any atom is -0.369 e. The van der Waals surface area contributed by atoms with Gasteiger partial charge in [0, 0.05) is 53.5 Å². The molecule has 9 heteroatoms. The van der Waals surface area contributed by atoms with E-state index < -0.39 is 4.92 Å². The van der Waals surface area contributed by atoms with Crippen LogP contribution in [0.4, 0.5) is 17.1 Å². The van der Waals surface area contributed by atoms with Gasteiger partial charge < -0.3 is 10.2 Å². The van der Waals surface area contributed by atoms with Crippen LogP contribution >= 0.6 is 27.5 Å². The second kappa shape index (κ2) is 8.69. The van der Waals surface area contributed by atoms with Crippen LogP contribution in [-0.2, 0) is 4.79 Å². The standard InChI is InChI=1S/C18H18BrClN4O3/c19-16-11-15(24(26)27)5-6-17(16)21-18(25)12-22-7-9-23(10-8-22)14-3-1-13(20)2-4-14/h1-6,11H,7-10,12H2,(H,21,25). The molecule has 1 aliphatic heterocycles. The van der Waals surface area contributed by atoms with Gasteiger partial charge >= 0.3 is 0 Å². The average molecular weight is 454 g/mol. The summed E-state index contributed by atoms with van der Waals surface area (Å²) >= 11 is 9.18.